The zero-order chi connectivity index (χ0) is 70.8. The summed E-state index contributed by atoms with van der Waals surface area (Å²) in [5, 5.41) is 38.1. The van der Waals surface area contributed by atoms with Gasteiger partial charge in [-0.2, -0.15) is 0 Å². The Morgan fingerprint density at radius 1 is 0.394 bits per heavy atom. The van der Waals surface area contributed by atoms with Crippen LogP contribution in [0.5, 0.6) is 34.5 Å². The van der Waals surface area contributed by atoms with Crippen LogP contribution in [0, 0.1) is 0 Å². The molecular formula is C80H116O14. The molecule has 6 aromatic rings. The van der Waals surface area contributed by atoms with E-state index in [2.05, 4.69) is 80.7 Å². The van der Waals surface area contributed by atoms with Crippen molar-refractivity contribution in [1.82, 2.24) is 0 Å². The zero-order valence-electron chi connectivity index (χ0n) is 59.8. The second-order valence-electron chi connectivity index (χ2n) is 25.5. The van der Waals surface area contributed by atoms with Gasteiger partial charge in [0, 0.05) is 13.2 Å². The van der Waals surface area contributed by atoms with Gasteiger partial charge in [0.2, 0.25) is 0 Å². The highest BCUT2D eigenvalue weighted by molar-refractivity contribution is 5.94. The SMILES string of the molecule is C.C=Cc1ccc(O)c(C(=O)OC(C)(C)C)c1.C=Cc1ccc(OC(C)OCC)cc1.CCC(C)c1ccc(O)c(C(=O)OC(C)(C)C)c1.CCC(C)c1ccc(O)c(C(=O)OC(C)(C)C)c1.CCC(C)c1ccc(O)cc1.CCOC(C)Oc1ccc(C(C)CC)cc1. The molecule has 520 valence electrons. The minimum atomic E-state index is -0.576. The molecule has 14 nitrogen and oxygen atoms in total. The van der Waals surface area contributed by atoms with E-state index >= 15 is 0 Å². The number of hydrogen-bond donors (Lipinski definition) is 4. The molecule has 0 spiro atoms. The second-order valence-corrected chi connectivity index (χ2v) is 25.5. The van der Waals surface area contributed by atoms with Crippen molar-refractivity contribution >= 4 is 30.1 Å². The fourth-order valence-electron chi connectivity index (χ4n) is 8.11. The molecule has 6 rings (SSSR count). The van der Waals surface area contributed by atoms with Crippen LogP contribution in [0.3, 0.4) is 0 Å². The number of aromatic hydroxyl groups is 4. The molecule has 14 heteroatoms. The van der Waals surface area contributed by atoms with Crippen molar-refractivity contribution in [3.8, 4) is 34.5 Å². The first-order valence-corrected chi connectivity index (χ1v) is 32.5. The number of rotatable bonds is 21. The van der Waals surface area contributed by atoms with Gasteiger partial charge in [-0.05, 0) is 246 Å². The molecule has 0 aliphatic carbocycles. The Hall–Kier alpha value is -8.07. The number of ether oxygens (including phenoxy) is 7. The number of phenols is 4. The van der Waals surface area contributed by atoms with Crippen LogP contribution >= 0.6 is 0 Å². The van der Waals surface area contributed by atoms with Crippen molar-refractivity contribution in [2.24, 2.45) is 0 Å². The summed E-state index contributed by atoms with van der Waals surface area (Å²) < 4.78 is 37.4. The fraction of sp³-hybridized carbons (Fsp3) is 0.463. The number of carbonyl (C=O) groups excluding carboxylic acids is 3. The monoisotopic (exact) mass is 1300 g/mol. The summed E-state index contributed by atoms with van der Waals surface area (Å²) in [7, 11) is 0. The van der Waals surface area contributed by atoms with Crippen molar-refractivity contribution in [3.63, 3.8) is 0 Å². The minimum Gasteiger partial charge on any atom is -0.508 e. The first-order chi connectivity index (χ1) is 43.5. The van der Waals surface area contributed by atoms with Crippen LogP contribution < -0.4 is 9.47 Å². The van der Waals surface area contributed by atoms with Crippen LogP contribution in [-0.4, -0.2) is 80.9 Å². The van der Waals surface area contributed by atoms with E-state index in [1.807, 2.05) is 88.4 Å². The Bertz CT molecular complexity index is 3060. The van der Waals surface area contributed by atoms with Gasteiger partial charge in [0.1, 0.15) is 68.0 Å². The highest BCUT2D eigenvalue weighted by atomic mass is 16.7. The topological polar surface area (TPSA) is 197 Å². The predicted molar refractivity (Wildman–Crippen MR) is 386 cm³/mol. The third-order valence-electron chi connectivity index (χ3n) is 14.2. The van der Waals surface area contributed by atoms with Crippen LogP contribution in [-0.2, 0) is 23.7 Å². The quantitative estimate of drug-likeness (QED) is 0.0302. The zero-order valence-corrected chi connectivity index (χ0v) is 59.8. The molecule has 0 heterocycles. The van der Waals surface area contributed by atoms with Crippen molar-refractivity contribution in [2.45, 2.75) is 232 Å². The molecule has 0 amide bonds. The van der Waals surface area contributed by atoms with Gasteiger partial charge in [-0.15, -0.1) is 0 Å². The van der Waals surface area contributed by atoms with Gasteiger partial charge in [-0.1, -0.05) is 143 Å². The summed E-state index contributed by atoms with van der Waals surface area (Å²) in [5.74, 6) is 2.30. The van der Waals surface area contributed by atoms with E-state index in [1.165, 1.54) is 17.2 Å². The number of carbonyl (C=O) groups is 3. The summed E-state index contributed by atoms with van der Waals surface area (Å²) in [6, 6.07) is 38.4. The van der Waals surface area contributed by atoms with E-state index < -0.39 is 34.7 Å². The smallest absolute Gasteiger partial charge is 0.342 e. The fourth-order valence-corrected chi connectivity index (χ4v) is 8.11. The Kier molecular flexibility index (Phi) is 39.3. The summed E-state index contributed by atoms with van der Waals surface area (Å²) in [5.41, 5.74) is 5.52. The molecule has 0 aliphatic rings. The van der Waals surface area contributed by atoms with Crippen molar-refractivity contribution in [3.05, 3.63) is 191 Å². The molecule has 0 fully saturated rings. The molecule has 0 bridgehead atoms. The standard InChI is InChI=1S/2C15H22O3.C14H22O2.C13H16O3.C12H16O2.C10H14O.CH4/c2*1-6-10(2)11-7-8-13(16)12(9-11)14(17)18-15(3,4)5;1-5-11(3)13-7-9-14(10-8-13)16-12(4)15-6-2;1-5-9-6-7-11(14)10(8-9)12(15)16-13(2,3)4;1-4-11-6-8-12(9-7-11)14-10(3)13-5-2;1-3-8(2)9-4-6-10(11)7-5-9;/h2*7-10,16H,6H2,1-5H3;7-12H,5-6H2,1-4H3;5-8,14H,1H2,2-4H3;4,6-10H,1,5H2,2-3H3;4-8,11H,3H2,1-2H3;1H4. The van der Waals surface area contributed by atoms with Crippen LogP contribution in [0.25, 0.3) is 12.2 Å². The maximum absolute atomic E-state index is 12.0. The highest BCUT2D eigenvalue weighted by Crippen LogP contribution is 2.30. The largest absolute Gasteiger partial charge is 0.508 e. The van der Waals surface area contributed by atoms with E-state index in [9.17, 15) is 29.7 Å². The minimum absolute atomic E-state index is 0. The van der Waals surface area contributed by atoms with Crippen LogP contribution in [0.2, 0.25) is 0 Å². The van der Waals surface area contributed by atoms with E-state index in [0.29, 0.717) is 42.6 Å². The number of esters is 3. The van der Waals surface area contributed by atoms with E-state index in [1.54, 1.807) is 123 Å². The van der Waals surface area contributed by atoms with Gasteiger partial charge in [-0.3, -0.25) is 0 Å². The number of phenolic OH excluding ortho intramolecular Hbond substituents is 4. The first-order valence-electron chi connectivity index (χ1n) is 32.5. The molecule has 0 saturated carbocycles. The Balaban J connectivity index is 0.00000111. The normalized spacial score (nSPS) is 12.7. The summed E-state index contributed by atoms with van der Waals surface area (Å²) in [6.07, 6.45) is 7.30. The van der Waals surface area contributed by atoms with Crippen molar-refractivity contribution < 1.29 is 68.0 Å². The lowest BCUT2D eigenvalue weighted by Gasteiger charge is -2.20. The van der Waals surface area contributed by atoms with E-state index in [0.717, 1.165) is 59.4 Å². The first kappa shape index (κ1) is 85.9. The van der Waals surface area contributed by atoms with Gasteiger partial charge in [0.25, 0.3) is 0 Å². The lowest BCUT2D eigenvalue weighted by atomic mass is 9.96. The summed E-state index contributed by atoms with van der Waals surface area (Å²) in [6.45, 7) is 49.6. The molecule has 6 aromatic carbocycles. The maximum atomic E-state index is 12.0. The van der Waals surface area contributed by atoms with Crippen molar-refractivity contribution in [1.29, 1.82) is 0 Å². The molecule has 0 saturated heterocycles. The lowest BCUT2D eigenvalue weighted by Crippen LogP contribution is -2.24. The lowest BCUT2D eigenvalue weighted by molar-refractivity contribution is -0.0616. The Morgan fingerprint density at radius 3 is 0.957 bits per heavy atom. The van der Waals surface area contributed by atoms with Gasteiger partial charge in [0.15, 0.2) is 12.6 Å². The molecule has 6 unspecified atom stereocenters. The van der Waals surface area contributed by atoms with E-state index in [-0.39, 0.29) is 53.9 Å². The third-order valence-corrected chi connectivity index (χ3v) is 14.2. The van der Waals surface area contributed by atoms with Gasteiger partial charge in [0.05, 0.1) is 0 Å². The molecule has 4 N–H and O–H groups in total. The number of benzene rings is 6. The average Bonchev–Trinajstić information content (AvgIpc) is 1.02. The van der Waals surface area contributed by atoms with Gasteiger partial charge in [-0.25, -0.2) is 14.4 Å². The maximum Gasteiger partial charge on any atom is 0.342 e. The predicted octanol–water partition coefficient (Wildman–Crippen LogP) is 21.3. The molecule has 0 aliphatic heterocycles. The summed E-state index contributed by atoms with van der Waals surface area (Å²) in [4.78, 5) is 35.7. The number of hydrogen-bond acceptors (Lipinski definition) is 14. The Morgan fingerprint density at radius 2 is 0.660 bits per heavy atom. The molecule has 0 radical (unpaired) electrons. The van der Waals surface area contributed by atoms with E-state index in [4.69, 9.17) is 38.3 Å². The van der Waals surface area contributed by atoms with Crippen molar-refractivity contribution in [2.75, 3.05) is 13.2 Å². The molecular weight excluding hydrogens is 1180 g/mol. The highest BCUT2D eigenvalue weighted by Gasteiger charge is 2.24. The van der Waals surface area contributed by atoms with Crippen LogP contribution in [0.15, 0.2) is 141 Å². The van der Waals surface area contributed by atoms with Crippen LogP contribution in [0.4, 0.5) is 0 Å². The average molecular weight is 1300 g/mol. The molecule has 0 aromatic heterocycles. The Labute approximate surface area is 565 Å². The van der Waals surface area contributed by atoms with Gasteiger partial charge < -0.3 is 53.6 Å². The molecule has 94 heavy (non-hydrogen) atoms. The third kappa shape index (κ3) is 34.2. The van der Waals surface area contributed by atoms with Gasteiger partial charge >= 0.3 is 17.9 Å². The van der Waals surface area contributed by atoms with Crippen LogP contribution in [0.1, 0.15) is 267 Å². The summed E-state index contributed by atoms with van der Waals surface area (Å²) >= 11 is 0. The molecule has 6 atom stereocenters. The second kappa shape index (κ2) is 43.0.